The van der Waals surface area contributed by atoms with Gasteiger partial charge in [0.15, 0.2) is 0 Å². The minimum absolute atomic E-state index is 0.292. The van der Waals surface area contributed by atoms with Crippen molar-refractivity contribution in [2.24, 2.45) is 0 Å². The lowest BCUT2D eigenvalue weighted by Gasteiger charge is -2.11. The molecular weight excluding hydrogens is 370 g/mol. The third-order valence-corrected chi connectivity index (χ3v) is 4.32. The van der Waals surface area contributed by atoms with Crippen molar-refractivity contribution in [3.05, 3.63) is 83.4 Å². The Kier molecular flexibility index (Phi) is 6.71. The van der Waals surface area contributed by atoms with Gasteiger partial charge in [-0.3, -0.25) is 0 Å². The van der Waals surface area contributed by atoms with E-state index in [0.29, 0.717) is 41.7 Å². The number of benzene rings is 3. The van der Waals surface area contributed by atoms with Gasteiger partial charge in [0.2, 0.25) is 0 Å². The molecule has 3 aromatic carbocycles. The number of carbonyl (C=O) groups is 1. The topological polar surface area (TPSA) is 77.0 Å². The van der Waals surface area contributed by atoms with Crippen molar-refractivity contribution in [3.8, 4) is 23.0 Å². The average molecular weight is 393 g/mol. The number of rotatable bonds is 9. The summed E-state index contributed by atoms with van der Waals surface area (Å²) in [7, 11) is 3.19. The second-order valence-electron chi connectivity index (χ2n) is 6.40. The van der Waals surface area contributed by atoms with Gasteiger partial charge >= 0.3 is 5.97 Å². The molecule has 0 saturated carbocycles. The van der Waals surface area contributed by atoms with Gasteiger partial charge in [0.25, 0.3) is 0 Å². The minimum atomic E-state index is -0.920. The van der Waals surface area contributed by atoms with Crippen LogP contribution in [0.5, 0.6) is 23.0 Å². The SMILES string of the molecule is COc1cc(OC)cc(Oc2ccc(CNCc3cccc(C(=O)O)c3)cc2)c1. The molecule has 0 bridgehead atoms. The first kappa shape index (κ1) is 20.2. The van der Waals surface area contributed by atoms with Gasteiger partial charge in [-0.25, -0.2) is 4.79 Å². The number of hydrogen-bond donors (Lipinski definition) is 2. The van der Waals surface area contributed by atoms with Crippen LogP contribution in [0.1, 0.15) is 21.5 Å². The Labute approximate surface area is 169 Å². The van der Waals surface area contributed by atoms with Gasteiger partial charge in [-0.15, -0.1) is 0 Å². The summed E-state index contributed by atoms with van der Waals surface area (Å²) >= 11 is 0. The molecule has 29 heavy (non-hydrogen) atoms. The third-order valence-electron chi connectivity index (χ3n) is 4.32. The Morgan fingerprint density at radius 3 is 2.03 bits per heavy atom. The van der Waals surface area contributed by atoms with Gasteiger partial charge in [0, 0.05) is 31.3 Å². The Balaban J connectivity index is 1.56. The number of nitrogens with one attached hydrogen (secondary N) is 1. The summed E-state index contributed by atoms with van der Waals surface area (Å²) in [6, 6.07) is 20.0. The van der Waals surface area contributed by atoms with E-state index >= 15 is 0 Å². The fourth-order valence-electron chi connectivity index (χ4n) is 2.82. The third kappa shape index (κ3) is 5.73. The van der Waals surface area contributed by atoms with E-state index in [1.165, 1.54) is 0 Å². The maximum atomic E-state index is 11.0. The maximum Gasteiger partial charge on any atom is 0.335 e. The molecule has 3 rings (SSSR count). The predicted molar refractivity (Wildman–Crippen MR) is 110 cm³/mol. The fourth-order valence-corrected chi connectivity index (χ4v) is 2.82. The van der Waals surface area contributed by atoms with Crippen molar-refractivity contribution >= 4 is 5.97 Å². The lowest BCUT2D eigenvalue weighted by molar-refractivity contribution is 0.0696. The van der Waals surface area contributed by atoms with Gasteiger partial charge in [0.05, 0.1) is 19.8 Å². The first-order chi connectivity index (χ1) is 14.1. The smallest absolute Gasteiger partial charge is 0.335 e. The van der Waals surface area contributed by atoms with Crippen molar-refractivity contribution in [3.63, 3.8) is 0 Å². The second-order valence-corrected chi connectivity index (χ2v) is 6.40. The van der Waals surface area contributed by atoms with Crippen molar-refractivity contribution in [2.75, 3.05) is 14.2 Å². The van der Waals surface area contributed by atoms with E-state index in [-0.39, 0.29) is 0 Å². The molecule has 150 valence electrons. The first-order valence-corrected chi connectivity index (χ1v) is 9.10. The summed E-state index contributed by atoms with van der Waals surface area (Å²) in [5, 5.41) is 12.4. The van der Waals surface area contributed by atoms with Crippen LogP contribution < -0.4 is 19.5 Å². The molecule has 3 aromatic rings. The number of aromatic carboxylic acids is 1. The van der Waals surface area contributed by atoms with E-state index in [1.54, 1.807) is 50.6 Å². The monoisotopic (exact) mass is 393 g/mol. The van der Waals surface area contributed by atoms with Crippen LogP contribution in [0.4, 0.5) is 0 Å². The van der Waals surface area contributed by atoms with Crippen molar-refractivity contribution in [1.29, 1.82) is 0 Å². The quantitative estimate of drug-likeness (QED) is 0.558. The summed E-state index contributed by atoms with van der Waals surface area (Å²) in [6.07, 6.45) is 0. The maximum absolute atomic E-state index is 11.0. The molecule has 2 N–H and O–H groups in total. The van der Waals surface area contributed by atoms with Gasteiger partial charge < -0.3 is 24.6 Å². The molecule has 0 aliphatic carbocycles. The highest BCUT2D eigenvalue weighted by Crippen LogP contribution is 2.30. The first-order valence-electron chi connectivity index (χ1n) is 9.10. The zero-order valence-corrected chi connectivity index (χ0v) is 16.3. The Hall–Kier alpha value is -3.51. The van der Waals surface area contributed by atoms with E-state index in [4.69, 9.17) is 19.3 Å². The van der Waals surface area contributed by atoms with Crippen molar-refractivity contribution in [1.82, 2.24) is 5.32 Å². The zero-order chi connectivity index (χ0) is 20.6. The summed E-state index contributed by atoms with van der Waals surface area (Å²) in [6.45, 7) is 1.24. The largest absolute Gasteiger partial charge is 0.496 e. The van der Waals surface area contributed by atoms with E-state index in [2.05, 4.69) is 5.32 Å². The molecule has 0 unspecified atom stereocenters. The molecule has 0 aromatic heterocycles. The standard InChI is InChI=1S/C23H23NO5/c1-27-20-11-21(28-2)13-22(12-20)29-19-8-6-16(7-9-19)14-24-15-17-4-3-5-18(10-17)23(25)26/h3-13,24H,14-15H2,1-2H3,(H,25,26). The molecule has 0 radical (unpaired) electrons. The van der Waals surface area contributed by atoms with Gasteiger partial charge in [0.1, 0.15) is 23.0 Å². The lowest BCUT2D eigenvalue weighted by atomic mass is 10.1. The highest BCUT2D eigenvalue weighted by molar-refractivity contribution is 5.87. The van der Waals surface area contributed by atoms with Crippen LogP contribution in [-0.2, 0) is 13.1 Å². The van der Waals surface area contributed by atoms with E-state index in [9.17, 15) is 4.79 Å². The van der Waals surface area contributed by atoms with Gasteiger partial charge in [-0.05, 0) is 35.4 Å². The van der Waals surface area contributed by atoms with E-state index in [0.717, 1.165) is 11.1 Å². The zero-order valence-electron chi connectivity index (χ0n) is 16.3. The van der Waals surface area contributed by atoms with Crippen LogP contribution in [0.2, 0.25) is 0 Å². The normalized spacial score (nSPS) is 10.4. The number of ether oxygens (including phenoxy) is 3. The Bertz CT molecular complexity index is 947. The molecule has 0 spiro atoms. The molecule has 0 saturated heterocycles. The number of carboxylic acids is 1. The molecule has 0 heterocycles. The summed E-state index contributed by atoms with van der Waals surface area (Å²) in [5.74, 6) is 1.74. The van der Waals surface area contributed by atoms with Crippen molar-refractivity contribution < 1.29 is 24.1 Å². The molecule has 0 aliphatic heterocycles. The molecule has 0 fully saturated rings. The molecule has 0 amide bonds. The van der Waals surface area contributed by atoms with Crippen LogP contribution in [0, 0.1) is 0 Å². The van der Waals surface area contributed by atoms with Gasteiger partial charge in [-0.1, -0.05) is 24.3 Å². The Morgan fingerprint density at radius 2 is 1.41 bits per heavy atom. The van der Waals surface area contributed by atoms with Crippen LogP contribution in [-0.4, -0.2) is 25.3 Å². The molecule has 6 nitrogen and oxygen atoms in total. The van der Waals surface area contributed by atoms with Crippen LogP contribution in [0.15, 0.2) is 66.7 Å². The highest BCUT2D eigenvalue weighted by Gasteiger charge is 2.05. The van der Waals surface area contributed by atoms with Crippen LogP contribution in [0.3, 0.4) is 0 Å². The Morgan fingerprint density at radius 1 is 0.793 bits per heavy atom. The molecule has 6 heteroatoms. The lowest BCUT2D eigenvalue weighted by Crippen LogP contribution is -2.13. The van der Waals surface area contributed by atoms with Crippen LogP contribution in [0.25, 0.3) is 0 Å². The predicted octanol–water partition coefficient (Wildman–Crippen LogP) is 4.48. The number of hydrogen-bond acceptors (Lipinski definition) is 5. The second kappa shape index (κ2) is 9.61. The van der Waals surface area contributed by atoms with Crippen molar-refractivity contribution in [2.45, 2.75) is 13.1 Å². The summed E-state index contributed by atoms with van der Waals surface area (Å²) in [4.78, 5) is 11.0. The highest BCUT2D eigenvalue weighted by atomic mass is 16.5. The molecule has 0 atom stereocenters. The minimum Gasteiger partial charge on any atom is -0.496 e. The molecular formula is C23H23NO5. The molecule has 0 aliphatic rings. The van der Waals surface area contributed by atoms with Crippen LogP contribution >= 0.6 is 0 Å². The van der Waals surface area contributed by atoms with Gasteiger partial charge in [-0.2, -0.15) is 0 Å². The number of carboxylic acid groups (broad SMARTS) is 1. The number of methoxy groups -OCH3 is 2. The summed E-state index contributed by atoms with van der Waals surface area (Å²) in [5.41, 5.74) is 2.31. The van der Waals surface area contributed by atoms with E-state index < -0.39 is 5.97 Å². The van der Waals surface area contributed by atoms with E-state index in [1.807, 2.05) is 30.3 Å². The summed E-state index contributed by atoms with van der Waals surface area (Å²) < 4.78 is 16.4. The fraction of sp³-hybridized carbons (Fsp3) is 0.174. The average Bonchev–Trinajstić information content (AvgIpc) is 2.75.